The van der Waals surface area contributed by atoms with Crippen molar-refractivity contribution in [1.29, 1.82) is 0 Å². The second-order valence-electron chi connectivity index (χ2n) is 8.53. The van der Waals surface area contributed by atoms with Gasteiger partial charge in [0.15, 0.2) is 0 Å². The standard InChI is InChI=1S/C20H24F3N5O3/c1-19(2,3)17-12-16(25(4)24-17)18(29)27-9-7-26(8-10-27)14-6-5-13(20(21,22)23)11-15(14)28(30)31/h5-6,11-12H,7-10H2,1-4H3. The molecule has 0 saturated carbocycles. The highest BCUT2D eigenvalue weighted by molar-refractivity contribution is 5.93. The zero-order valence-electron chi connectivity index (χ0n) is 17.7. The van der Waals surface area contributed by atoms with E-state index in [1.165, 1.54) is 4.68 Å². The van der Waals surface area contributed by atoms with Crippen LogP contribution in [0.3, 0.4) is 0 Å². The van der Waals surface area contributed by atoms with Crippen molar-refractivity contribution in [3.05, 3.63) is 51.3 Å². The molecule has 1 fully saturated rings. The predicted molar refractivity (Wildman–Crippen MR) is 108 cm³/mol. The minimum atomic E-state index is -4.66. The highest BCUT2D eigenvalue weighted by atomic mass is 19.4. The third kappa shape index (κ3) is 4.64. The lowest BCUT2D eigenvalue weighted by Gasteiger charge is -2.35. The number of hydrogen-bond acceptors (Lipinski definition) is 5. The van der Waals surface area contributed by atoms with Crippen molar-refractivity contribution in [3.8, 4) is 0 Å². The Hall–Kier alpha value is -3.11. The van der Waals surface area contributed by atoms with E-state index < -0.39 is 22.4 Å². The van der Waals surface area contributed by atoms with Gasteiger partial charge in [0.1, 0.15) is 11.4 Å². The highest BCUT2D eigenvalue weighted by Gasteiger charge is 2.35. The van der Waals surface area contributed by atoms with Gasteiger partial charge in [0.25, 0.3) is 11.6 Å². The molecule has 1 saturated heterocycles. The van der Waals surface area contributed by atoms with Gasteiger partial charge in [-0.2, -0.15) is 18.3 Å². The first-order valence-electron chi connectivity index (χ1n) is 9.73. The zero-order chi connectivity index (χ0) is 23.1. The molecule has 0 N–H and O–H groups in total. The van der Waals surface area contributed by atoms with Gasteiger partial charge < -0.3 is 9.80 Å². The molecular weight excluding hydrogens is 415 g/mol. The minimum absolute atomic E-state index is 0.112. The largest absolute Gasteiger partial charge is 0.416 e. The first-order valence-corrected chi connectivity index (χ1v) is 9.73. The summed E-state index contributed by atoms with van der Waals surface area (Å²) in [7, 11) is 1.70. The predicted octanol–water partition coefficient (Wildman–Crippen LogP) is 3.61. The van der Waals surface area contributed by atoms with Gasteiger partial charge in [0, 0.05) is 44.7 Å². The van der Waals surface area contributed by atoms with Gasteiger partial charge in [-0.05, 0) is 18.2 Å². The van der Waals surface area contributed by atoms with E-state index >= 15 is 0 Å². The lowest BCUT2D eigenvalue weighted by atomic mass is 9.92. The second kappa shape index (κ2) is 7.86. The Balaban J connectivity index is 1.76. The lowest BCUT2D eigenvalue weighted by molar-refractivity contribution is -0.384. The van der Waals surface area contributed by atoms with Gasteiger partial charge in [-0.15, -0.1) is 0 Å². The topological polar surface area (TPSA) is 84.5 Å². The number of alkyl halides is 3. The average molecular weight is 439 g/mol. The smallest absolute Gasteiger partial charge is 0.362 e. The van der Waals surface area contributed by atoms with E-state index in [0.29, 0.717) is 11.8 Å². The molecule has 0 aliphatic carbocycles. The summed E-state index contributed by atoms with van der Waals surface area (Å²) in [6, 6.07) is 4.27. The maximum atomic E-state index is 12.9. The molecule has 1 aliphatic rings. The molecule has 1 aliphatic heterocycles. The van der Waals surface area contributed by atoms with E-state index in [9.17, 15) is 28.1 Å². The molecule has 1 aromatic heterocycles. The normalized spacial score (nSPS) is 15.3. The van der Waals surface area contributed by atoms with E-state index in [2.05, 4.69) is 5.10 Å². The number of rotatable bonds is 3. The third-order valence-corrected chi connectivity index (χ3v) is 5.27. The van der Waals surface area contributed by atoms with Crippen molar-refractivity contribution >= 4 is 17.3 Å². The Morgan fingerprint density at radius 2 is 1.71 bits per heavy atom. The van der Waals surface area contributed by atoms with Crippen LogP contribution in [0.25, 0.3) is 0 Å². The lowest BCUT2D eigenvalue weighted by Crippen LogP contribution is -2.49. The number of nitro benzene ring substituents is 1. The number of nitro groups is 1. The van der Waals surface area contributed by atoms with Crippen LogP contribution in [-0.4, -0.2) is 51.7 Å². The average Bonchev–Trinajstić information content (AvgIpc) is 3.08. The van der Waals surface area contributed by atoms with Crippen molar-refractivity contribution in [2.24, 2.45) is 7.05 Å². The quantitative estimate of drug-likeness (QED) is 0.539. The van der Waals surface area contributed by atoms with Crippen LogP contribution in [0.15, 0.2) is 24.3 Å². The van der Waals surface area contributed by atoms with Gasteiger partial charge in [0.05, 0.1) is 16.2 Å². The van der Waals surface area contributed by atoms with Crippen LogP contribution in [0.4, 0.5) is 24.5 Å². The minimum Gasteiger partial charge on any atom is -0.362 e. The number of amides is 1. The van der Waals surface area contributed by atoms with Gasteiger partial charge in [-0.3, -0.25) is 19.6 Å². The van der Waals surface area contributed by atoms with Crippen LogP contribution in [0.5, 0.6) is 0 Å². The summed E-state index contributed by atoms with van der Waals surface area (Å²) in [5.74, 6) is -0.202. The summed E-state index contributed by atoms with van der Waals surface area (Å²) >= 11 is 0. The molecular formula is C20H24F3N5O3. The number of halogens is 3. The molecule has 0 atom stereocenters. The summed E-state index contributed by atoms with van der Waals surface area (Å²) < 4.78 is 40.3. The van der Waals surface area contributed by atoms with Gasteiger partial charge in [-0.25, -0.2) is 0 Å². The summed E-state index contributed by atoms with van der Waals surface area (Å²) in [5.41, 5.74) is -0.535. The van der Waals surface area contributed by atoms with Crippen molar-refractivity contribution in [1.82, 2.24) is 14.7 Å². The number of benzene rings is 1. The number of anilines is 1. The van der Waals surface area contributed by atoms with Crippen molar-refractivity contribution in [2.45, 2.75) is 32.4 Å². The number of carbonyl (C=O) groups excluding carboxylic acids is 1. The van der Waals surface area contributed by atoms with Crippen molar-refractivity contribution in [2.75, 3.05) is 31.1 Å². The van der Waals surface area contributed by atoms with E-state index in [1.54, 1.807) is 22.9 Å². The Morgan fingerprint density at radius 3 is 2.19 bits per heavy atom. The summed E-state index contributed by atoms with van der Waals surface area (Å²) in [4.78, 5) is 26.7. The fourth-order valence-corrected chi connectivity index (χ4v) is 3.46. The maximum Gasteiger partial charge on any atom is 0.416 e. The van der Waals surface area contributed by atoms with E-state index in [1.807, 2.05) is 20.8 Å². The molecule has 1 amide bonds. The molecule has 0 spiro atoms. The van der Waals surface area contributed by atoms with Crippen LogP contribution >= 0.6 is 0 Å². The van der Waals surface area contributed by atoms with Crippen LogP contribution in [0, 0.1) is 10.1 Å². The van der Waals surface area contributed by atoms with Crippen molar-refractivity contribution in [3.63, 3.8) is 0 Å². The first kappa shape index (κ1) is 22.6. The van der Waals surface area contributed by atoms with Crippen LogP contribution in [0.2, 0.25) is 0 Å². The van der Waals surface area contributed by atoms with Gasteiger partial charge >= 0.3 is 6.18 Å². The number of nitrogens with zero attached hydrogens (tertiary/aromatic N) is 5. The van der Waals surface area contributed by atoms with Crippen LogP contribution in [0.1, 0.15) is 42.5 Å². The van der Waals surface area contributed by atoms with Gasteiger partial charge in [0.2, 0.25) is 0 Å². The second-order valence-corrected chi connectivity index (χ2v) is 8.53. The maximum absolute atomic E-state index is 12.9. The molecule has 1 aromatic carbocycles. The Kier molecular flexibility index (Phi) is 5.72. The summed E-state index contributed by atoms with van der Waals surface area (Å²) in [6.45, 7) is 7.10. The molecule has 11 heteroatoms. The van der Waals surface area contributed by atoms with E-state index in [-0.39, 0.29) is 43.2 Å². The third-order valence-electron chi connectivity index (χ3n) is 5.27. The molecule has 168 valence electrons. The number of piperazine rings is 1. The Morgan fingerprint density at radius 1 is 1.10 bits per heavy atom. The van der Waals surface area contributed by atoms with E-state index in [0.717, 1.165) is 17.8 Å². The fourth-order valence-electron chi connectivity index (χ4n) is 3.46. The van der Waals surface area contributed by atoms with Crippen molar-refractivity contribution < 1.29 is 22.9 Å². The fraction of sp³-hybridized carbons (Fsp3) is 0.500. The van der Waals surface area contributed by atoms with E-state index in [4.69, 9.17) is 0 Å². The summed E-state index contributed by atoms with van der Waals surface area (Å²) in [5, 5.41) is 15.8. The molecule has 2 aromatic rings. The number of carbonyl (C=O) groups is 1. The molecule has 8 nitrogen and oxygen atoms in total. The van der Waals surface area contributed by atoms with Crippen LogP contribution in [-0.2, 0) is 18.6 Å². The molecule has 0 radical (unpaired) electrons. The molecule has 2 heterocycles. The Labute approximate surface area is 177 Å². The molecule has 31 heavy (non-hydrogen) atoms. The van der Waals surface area contributed by atoms with Crippen LogP contribution < -0.4 is 4.90 Å². The first-order chi connectivity index (χ1) is 14.3. The molecule has 0 unspecified atom stereocenters. The summed E-state index contributed by atoms with van der Waals surface area (Å²) in [6.07, 6.45) is -4.66. The molecule has 3 rings (SSSR count). The number of hydrogen-bond donors (Lipinski definition) is 0. The number of aromatic nitrogens is 2. The van der Waals surface area contributed by atoms with Gasteiger partial charge in [-0.1, -0.05) is 20.8 Å². The monoisotopic (exact) mass is 439 g/mol. The zero-order valence-corrected chi connectivity index (χ0v) is 17.7. The Bertz CT molecular complexity index is 1000. The highest BCUT2D eigenvalue weighted by Crippen LogP contribution is 2.36. The number of aryl methyl sites for hydroxylation is 1. The molecule has 0 bridgehead atoms. The SMILES string of the molecule is Cn1nc(C(C)(C)C)cc1C(=O)N1CCN(c2ccc(C(F)(F)F)cc2[N+](=O)[O-])CC1.